The van der Waals surface area contributed by atoms with Crippen molar-refractivity contribution in [3.8, 4) is 0 Å². The molecule has 11 nitrogen and oxygen atoms in total. The van der Waals surface area contributed by atoms with Gasteiger partial charge in [0.15, 0.2) is 6.29 Å². The largest absolute Gasteiger partial charge is 0.394 e. The number of amides is 1. The van der Waals surface area contributed by atoms with E-state index >= 15 is 0 Å². The predicted octanol–water partition coefficient (Wildman–Crippen LogP) is 7.67. The lowest BCUT2D eigenvalue weighted by molar-refractivity contribution is -0.303. The number of hydrogen-bond acceptors (Lipinski definition) is 10. The van der Waals surface area contributed by atoms with Gasteiger partial charge in [-0.1, -0.05) is 180 Å². The van der Waals surface area contributed by atoms with E-state index in [4.69, 9.17) is 9.47 Å². The molecule has 1 amide bonds. The van der Waals surface area contributed by atoms with Crippen molar-refractivity contribution in [3.63, 3.8) is 0 Å². The normalized spacial score (nSPS) is 22.2. The van der Waals surface area contributed by atoms with Crippen LogP contribution in [0.4, 0.5) is 0 Å². The van der Waals surface area contributed by atoms with E-state index in [9.17, 15) is 40.5 Å². The van der Waals surface area contributed by atoms with Gasteiger partial charge < -0.3 is 50.5 Å². The number of carbonyl (C=O) groups is 1. The summed E-state index contributed by atoms with van der Waals surface area (Å²) < 4.78 is 11.1. The Labute approximate surface area is 347 Å². The van der Waals surface area contributed by atoms with Crippen LogP contribution in [0.1, 0.15) is 206 Å². The Balaban J connectivity index is 2.46. The minimum absolute atomic E-state index is 0.258. The van der Waals surface area contributed by atoms with Crippen LogP contribution in [0.25, 0.3) is 0 Å². The van der Waals surface area contributed by atoms with Gasteiger partial charge in [0.05, 0.1) is 25.4 Å². The summed E-state index contributed by atoms with van der Waals surface area (Å²) in [5.74, 6) is -0.706. The first kappa shape index (κ1) is 53.9. The average Bonchev–Trinajstić information content (AvgIpc) is 3.21. The number of ether oxygens (including phenoxy) is 2. The minimum atomic E-state index is -1.66. The second-order valence-corrected chi connectivity index (χ2v) is 16.8. The van der Waals surface area contributed by atoms with Crippen LogP contribution in [0, 0.1) is 0 Å². The number of allylic oxidation sites excluding steroid dienone is 2. The molecule has 9 atom stereocenters. The Bertz CT molecular complexity index is 939. The second kappa shape index (κ2) is 36.7. The summed E-state index contributed by atoms with van der Waals surface area (Å²) in [5.41, 5.74) is 0. The molecule has 0 aliphatic carbocycles. The summed E-state index contributed by atoms with van der Waals surface area (Å²) in [6.07, 6.45) is 26.9. The highest BCUT2D eigenvalue weighted by molar-refractivity contribution is 5.80. The highest BCUT2D eigenvalue weighted by Crippen LogP contribution is 2.23. The van der Waals surface area contributed by atoms with Gasteiger partial charge in [-0.15, -0.1) is 0 Å². The summed E-state index contributed by atoms with van der Waals surface area (Å²) in [6.45, 7) is 3.42. The molecule has 1 saturated heterocycles. The summed E-state index contributed by atoms with van der Waals surface area (Å²) in [4.78, 5) is 13.1. The van der Waals surface area contributed by atoms with Gasteiger partial charge in [0.25, 0.3) is 0 Å². The highest BCUT2D eigenvalue weighted by Gasteiger charge is 2.44. The third kappa shape index (κ3) is 26.6. The van der Waals surface area contributed by atoms with Crippen molar-refractivity contribution in [2.45, 2.75) is 262 Å². The van der Waals surface area contributed by atoms with Gasteiger partial charge in [0, 0.05) is 0 Å². The molecule has 338 valence electrons. The first-order valence-electron chi connectivity index (χ1n) is 23.6. The van der Waals surface area contributed by atoms with Crippen molar-refractivity contribution in [1.82, 2.24) is 5.32 Å². The topological polar surface area (TPSA) is 189 Å². The molecule has 9 unspecified atom stereocenters. The third-order valence-electron chi connectivity index (χ3n) is 11.6. The monoisotopic (exact) mass is 816 g/mol. The maximum Gasteiger partial charge on any atom is 0.249 e. The molecular formula is C46H89NO10. The van der Waals surface area contributed by atoms with Crippen LogP contribution in [0.2, 0.25) is 0 Å². The van der Waals surface area contributed by atoms with Crippen LogP contribution in [-0.4, -0.2) is 110 Å². The van der Waals surface area contributed by atoms with Crippen LogP contribution in [-0.2, 0) is 14.3 Å². The molecule has 57 heavy (non-hydrogen) atoms. The Morgan fingerprint density at radius 3 is 1.51 bits per heavy atom. The smallest absolute Gasteiger partial charge is 0.249 e. The van der Waals surface area contributed by atoms with E-state index in [0.717, 1.165) is 38.5 Å². The van der Waals surface area contributed by atoms with E-state index in [0.29, 0.717) is 12.8 Å². The van der Waals surface area contributed by atoms with Crippen molar-refractivity contribution >= 4 is 5.91 Å². The van der Waals surface area contributed by atoms with Gasteiger partial charge >= 0.3 is 0 Å². The Morgan fingerprint density at radius 2 is 1.04 bits per heavy atom. The Morgan fingerprint density at radius 1 is 0.596 bits per heavy atom. The maximum atomic E-state index is 13.1. The number of carbonyl (C=O) groups excluding carboxylic acids is 1. The van der Waals surface area contributed by atoms with Crippen molar-refractivity contribution in [2.24, 2.45) is 0 Å². The fourth-order valence-electron chi connectivity index (χ4n) is 7.62. The average molecular weight is 816 g/mol. The summed E-state index contributed by atoms with van der Waals surface area (Å²) in [6, 6.07) is -1.18. The Hall–Kier alpha value is -1.15. The molecule has 8 N–H and O–H groups in total. The van der Waals surface area contributed by atoms with Gasteiger partial charge in [0.1, 0.15) is 36.6 Å². The number of hydrogen-bond donors (Lipinski definition) is 8. The van der Waals surface area contributed by atoms with E-state index in [1.54, 1.807) is 0 Å². The minimum Gasteiger partial charge on any atom is -0.394 e. The quantitative estimate of drug-likeness (QED) is 0.0226. The Kier molecular flexibility index (Phi) is 34.7. The van der Waals surface area contributed by atoms with E-state index in [1.165, 1.54) is 128 Å². The van der Waals surface area contributed by atoms with E-state index in [1.807, 2.05) is 0 Å². The van der Waals surface area contributed by atoms with Gasteiger partial charge in [-0.05, 0) is 38.5 Å². The van der Waals surface area contributed by atoms with Crippen LogP contribution in [0.3, 0.4) is 0 Å². The fourth-order valence-corrected chi connectivity index (χ4v) is 7.62. The molecule has 1 rings (SSSR count). The molecule has 0 aromatic rings. The van der Waals surface area contributed by atoms with Crippen LogP contribution < -0.4 is 5.32 Å². The second-order valence-electron chi connectivity index (χ2n) is 16.8. The van der Waals surface area contributed by atoms with E-state index in [-0.39, 0.29) is 12.8 Å². The molecule has 0 saturated carbocycles. The summed E-state index contributed by atoms with van der Waals surface area (Å²) >= 11 is 0. The standard InChI is InChI=1S/C46H89NO10/c1-3-5-7-9-11-13-15-17-18-19-20-21-22-24-25-27-29-31-33-38(49)41(51)37(36-56-46-44(54)43(53)42(52)40(35-48)57-46)47-45(55)39(50)34-32-30-28-26-23-16-14-12-10-8-6-4-2/h25,27,37-44,46,48-54H,3-24,26,28-36H2,1-2H3,(H,47,55)/b27-25+. The summed E-state index contributed by atoms with van der Waals surface area (Å²) in [5, 5.41) is 75.6. The molecule has 1 aliphatic heterocycles. The van der Waals surface area contributed by atoms with Gasteiger partial charge in [-0.2, -0.15) is 0 Å². The molecule has 11 heteroatoms. The van der Waals surface area contributed by atoms with Crippen LogP contribution in [0.5, 0.6) is 0 Å². The van der Waals surface area contributed by atoms with Crippen molar-refractivity contribution in [2.75, 3.05) is 13.2 Å². The molecule has 0 aromatic heterocycles. The molecule has 0 radical (unpaired) electrons. The molecule has 1 fully saturated rings. The number of aliphatic hydroxyl groups is 7. The zero-order chi connectivity index (χ0) is 41.9. The van der Waals surface area contributed by atoms with Crippen molar-refractivity contribution in [1.29, 1.82) is 0 Å². The molecular weight excluding hydrogens is 727 g/mol. The third-order valence-corrected chi connectivity index (χ3v) is 11.6. The first-order valence-corrected chi connectivity index (χ1v) is 23.6. The number of nitrogens with one attached hydrogen (secondary N) is 1. The fraction of sp³-hybridized carbons (Fsp3) is 0.935. The lowest BCUT2D eigenvalue weighted by Gasteiger charge is -2.40. The maximum absolute atomic E-state index is 13.1. The molecule has 0 aromatic carbocycles. The van der Waals surface area contributed by atoms with E-state index < -0.39 is 74.2 Å². The first-order chi connectivity index (χ1) is 27.7. The van der Waals surface area contributed by atoms with Gasteiger partial charge in [0.2, 0.25) is 5.91 Å². The summed E-state index contributed by atoms with van der Waals surface area (Å²) in [7, 11) is 0. The predicted molar refractivity (Wildman–Crippen MR) is 229 cm³/mol. The van der Waals surface area contributed by atoms with Gasteiger partial charge in [-0.25, -0.2) is 0 Å². The molecule has 0 bridgehead atoms. The zero-order valence-electron chi connectivity index (χ0n) is 36.3. The van der Waals surface area contributed by atoms with Crippen molar-refractivity contribution in [3.05, 3.63) is 12.2 Å². The van der Waals surface area contributed by atoms with Gasteiger partial charge in [-0.3, -0.25) is 4.79 Å². The number of unbranched alkanes of at least 4 members (excludes halogenated alkanes) is 25. The number of rotatable bonds is 39. The van der Waals surface area contributed by atoms with Crippen molar-refractivity contribution < 1.29 is 50.0 Å². The molecule has 0 spiro atoms. The SMILES string of the molecule is CCCCCCCCCCCCCCC/C=C/CCCC(O)C(O)C(COC1OC(CO)C(O)C(O)C1O)NC(=O)C(O)CCCCCCCCCCCCCC. The highest BCUT2D eigenvalue weighted by atomic mass is 16.7. The number of aliphatic hydroxyl groups excluding tert-OH is 7. The molecule has 1 heterocycles. The van der Waals surface area contributed by atoms with Crippen LogP contribution >= 0.6 is 0 Å². The lowest BCUT2D eigenvalue weighted by Crippen LogP contribution is -2.60. The van der Waals surface area contributed by atoms with Crippen LogP contribution in [0.15, 0.2) is 12.2 Å². The molecule has 1 aliphatic rings. The van der Waals surface area contributed by atoms with E-state index in [2.05, 4.69) is 31.3 Å². The lowest BCUT2D eigenvalue weighted by atomic mass is 9.98. The zero-order valence-corrected chi connectivity index (χ0v) is 36.3.